The predicted molar refractivity (Wildman–Crippen MR) is 181 cm³/mol. The van der Waals surface area contributed by atoms with Gasteiger partial charge in [0.1, 0.15) is 11.2 Å². The van der Waals surface area contributed by atoms with Crippen molar-refractivity contribution in [3.05, 3.63) is 114 Å². The molecule has 0 radical (unpaired) electrons. The molecule has 1 saturated heterocycles. The number of hydrogen-bond donors (Lipinski definition) is 0. The van der Waals surface area contributed by atoms with Crippen LogP contribution in [0.25, 0.3) is 65.7 Å². The molecule has 1 unspecified atom stereocenters. The maximum atomic E-state index is 7.02. The van der Waals surface area contributed by atoms with Gasteiger partial charge in [-0.05, 0) is 101 Å². The quantitative estimate of drug-likeness (QED) is 0.184. The van der Waals surface area contributed by atoms with Crippen LogP contribution in [0.5, 0.6) is 0 Å². The molecular weight excluding hydrogens is 539 g/mol. The molecule has 1 atom stereocenters. The summed E-state index contributed by atoms with van der Waals surface area (Å²) in [6.45, 7) is 8.53. The van der Waals surface area contributed by atoms with Crippen LogP contribution in [0.4, 0.5) is 0 Å². The largest absolute Gasteiger partial charge is 0.495 e. The highest BCUT2D eigenvalue weighted by atomic mass is 16.7. The SMILES string of the molecule is CC1(C)OB(c2ccc3c4c2-c2ccccc2C(C4)c2cc4ccccc4c4oc5c6ccccc6cc-3c5c24)OC1(C)C. The molecule has 1 aliphatic heterocycles. The fraction of sp³-hybridized carbons (Fsp3) is 0.200. The van der Waals surface area contributed by atoms with Gasteiger partial charge in [-0.15, -0.1) is 0 Å². The van der Waals surface area contributed by atoms with Crippen LogP contribution < -0.4 is 5.46 Å². The van der Waals surface area contributed by atoms with Crippen LogP contribution in [0, 0.1) is 0 Å². The summed E-state index contributed by atoms with van der Waals surface area (Å²) >= 11 is 0. The van der Waals surface area contributed by atoms with Crippen LogP contribution in [0.3, 0.4) is 0 Å². The molecule has 0 saturated carbocycles. The van der Waals surface area contributed by atoms with E-state index in [1.54, 1.807) is 0 Å². The number of benzene rings is 6. The van der Waals surface area contributed by atoms with Crippen molar-refractivity contribution in [3.63, 3.8) is 0 Å². The monoisotopic (exact) mass is 570 g/mol. The van der Waals surface area contributed by atoms with Gasteiger partial charge in [-0.25, -0.2) is 0 Å². The molecule has 212 valence electrons. The zero-order valence-corrected chi connectivity index (χ0v) is 25.3. The third kappa shape index (κ3) is 3.05. The van der Waals surface area contributed by atoms with Crippen molar-refractivity contribution >= 4 is 56.1 Å². The Morgan fingerprint density at radius 3 is 2.00 bits per heavy atom. The first-order chi connectivity index (χ1) is 21.3. The van der Waals surface area contributed by atoms with Gasteiger partial charge in [0.2, 0.25) is 0 Å². The molecular formula is C40H31BO3. The van der Waals surface area contributed by atoms with Crippen LogP contribution in [0.2, 0.25) is 0 Å². The molecule has 6 aromatic carbocycles. The van der Waals surface area contributed by atoms with Crippen molar-refractivity contribution in [1.29, 1.82) is 0 Å². The number of hydrogen-bond acceptors (Lipinski definition) is 3. The minimum Gasteiger partial charge on any atom is -0.455 e. The van der Waals surface area contributed by atoms with Gasteiger partial charge < -0.3 is 13.7 Å². The standard InChI is InChI=1S/C40H31BO3/c1-39(2)40(3,4)44-41(43-39)33-18-17-27-30-19-22-11-5-7-13-24(22)37-35(30)36-31(20-23-12-6-8-14-25(23)38(36)42-37)29-21-32(27)34(33)28-16-10-9-15-26(28)29/h5-20,29H,21H2,1-4H3. The van der Waals surface area contributed by atoms with Crippen molar-refractivity contribution in [1.82, 2.24) is 0 Å². The second kappa shape index (κ2) is 8.21. The molecule has 10 rings (SSSR count). The molecule has 1 fully saturated rings. The number of rotatable bonds is 1. The average molecular weight is 570 g/mol. The summed E-state index contributed by atoms with van der Waals surface area (Å²) in [7, 11) is -0.441. The van der Waals surface area contributed by atoms with E-state index in [1.807, 2.05) is 0 Å². The summed E-state index contributed by atoms with van der Waals surface area (Å²) in [5.74, 6) is 0.193. The van der Waals surface area contributed by atoms with Crippen LogP contribution in [0.15, 0.2) is 101 Å². The third-order valence-electron chi connectivity index (χ3n) is 11.0. The first kappa shape index (κ1) is 25.0. The van der Waals surface area contributed by atoms with Gasteiger partial charge >= 0.3 is 7.12 Å². The second-order valence-corrected chi connectivity index (χ2v) is 13.8. The molecule has 3 nitrogen and oxygen atoms in total. The normalized spacial score (nSPS) is 19.2. The Bertz CT molecular complexity index is 2380. The van der Waals surface area contributed by atoms with E-state index >= 15 is 0 Å². The lowest BCUT2D eigenvalue weighted by atomic mass is 9.64. The minimum atomic E-state index is -0.441. The Morgan fingerprint density at radius 1 is 0.614 bits per heavy atom. The zero-order valence-electron chi connectivity index (χ0n) is 25.3. The maximum absolute atomic E-state index is 7.02. The molecule has 2 aliphatic carbocycles. The van der Waals surface area contributed by atoms with E-state index in [1.165, 1.54) is 65.9 Å². The lowest BCUT2D eigenvalue weighted by Gasteiger charge is -2.34. The van der Waals surface area contributed by atoms with Gasteiger partial charge in [0.25, 0.3) is 0 Å². The lowest BCUT2D eigenvalue weighted by molar-refractivity contribution is 0.00578. The summed E-state index contributed by atoms with van der Waals surface area (Å²) in [5.41, 5.74) is 11.4. The minimum absolute atomic E-state index is 0.193. The van der Waals surface area contributed by atoms with E-state index in [-0.39, 0.29) is 5.92 Å². The molecule has 0 N–H and O–H groups in total. The Morgan fingerprint density at radius 2 is 1.25 bits per heavy atom. The highest BCUT2D eigenvalue weighted by Gasteiger charge is 2.53. The van der Waals surface area contributed by atoms with E-state index in [0.717, 1.165) is 28.4 Å². The van der Waals surface area contributed by atoms with Crippen molar-refractivity contribution in [2.75, 3.05) is 0 Å². The second-order valence-electron chi connectivity index (χ2n) is 13.8. The highest BCUT2D eigenvalue weighted by molar-refractivity contribution is 6.64. The van der Waals surface area contributed by atoms with Crippen molar-refractivity contribution in [2.45, 2.75) is 51.2 Å². The number of fused-ring (bicyclic) bond motifs is 6. The molecule has 0 amide bonds. The number of furan rings is 1. The molecule has 7 aromatic rings. The summed E-state index contributed by atoms with van der Waals surface area (Å²) < 4.78 is 20.4. The first-order valence-corrected chi connectivity index (χ1v) is 15.7. The predicted octanol–water partition coefficient (Wildman–Crippen LogP) is 9.53. The van der Waals surface area contributed by atoms with Gasteiger partial charge in [0.15, 0.2) is 0 Å². The average Bonchev–Trinajstić information content (AvgIpc) is 3.53. The fourth-order valence-electron chi connectivity index (χ4n) is 8.19. The Balaban J connectivity index is 1.39. The molecule has 44 heavy (non-hydrogen) atoms. The molecule has 1 aromatic heterocycles. The van der Waals surface area contributed by atoms with E-state index in [0.29, 0.717) is 0 Å². The smallest absolute Gasteiger partial charge is 0.455 e. The topological polar surface area (TPSA) is 31.6 Å². The first-order valence-electron chi connectivity index (χ1n) is 15.7. The van der Waals surface area contributed by atoms with E-state index < -0.39 is 18.3 Å². The lowest BCUT2D eigenvalue weighted by Crippen LogP contribution is -2.41. The van der Waals surface area contributed by atoms with Crippen molar-refractivity contribution < 1.29 is 13.7 Å². The van der Waals surface area contributed by atoms with E-state index in [2.05, 4.69) is 125 Å². The van der Waals surface area contributed by atoms with Crippen LogP contribution >= 0.6 is 0 Å². The third-order valence-corrected chi connectivity index (χ3v) is 11.0. The van der Waals surface area contributed by atoms with Gasteiger partial charge in [-0.2, -0.15) is 0 Å². The van der Waals surface area contributed by atoms with E-state index in [4.69, 9.17) is 13.7 Å². The van der Waals surface area contributed by atoms with E-state index in [9.17, 15) is 0 Å². The molecule has 2 heterocycles. The Labute approximate surface area is 256 Å². The summed E-state index contributed by atoms with van der Waals surface area (Å²) in [6, 6.07) is 35.7. The Hall–Kier alpha value is -4.38. The van der Waals surface area contributed by atoms with Gasteiger partial charge in [0, 0.05) is 27.5 Å². The van der Waals surface area contributed by atoms with Gasteiger partial charge in [0.05, 0.1) is 11.2 Å². The van der Waals surface area contributed by atoms with Crippen molar-refractivity contribution in [2.24, 2.45) is 0 Å². The maximum Gasteiger partial charge on any atom is 0.495 e. The summed E-state index contributed by atoms with van der Waals surface area (Å²) in [5, 5.41) is 7.20. The van der Waals surface area contributed by atoms with Gasteiger partial charge in [-0.1, -0.05) is 84.9 Å². The highest BCUT2D eigenvalue weighted by Crippen LogP contribution is 2.54. The zero-order chi connectivity index (χ0) is 29.5. The fourth-order valence-corrected chi connectivity index (χ4v) is 8.19. The molecule has 4 heteroatoms. The summed E-state index contributed by atoms with van der Waals surface area (Å²) in [4.78, 5) is 0. The molecule has 4 bridgehead atoms. The molecule has 3 aliphatic rings. The van der Waals surface area contributed by atoms with Gasteiger partial charge in [-0.3, -0.25) is 0 Å². The van der Waals surface area contributed by atoms with Crippen LogP contribution in [0.1, 0.15) is 50.3 Å². The molecule has 0 spiro atoms. The van der Waals surface area contributed by atoms with Crippen LogP contribution in [-0.4, -0.2) is 18.3 Å². The van der Waals surface area contributed by atoms with Crippen molar-refractivity contribution in [3.8, 4) is 22.3 Å². The summed E-state index contributed by atoms with van der Waals surface area (Å²) in [6.07, 6.45) is 0.904. The Kier molecular flexibility index (Phi) is 4.66. The van der Waals surface area contributed by atoms with Crippen LogP contribution in [-0.2, 0) is 15.7 Å².